The molecule has 2 atom stereocenters. The van der Waals surface area contributed by atoms with E-state index in [9.17, 15) is 4.79 Å². The number of hydrogen-bond donors (Lipinski definition) is 0. The molecule has 0 aromatic heterocycles. The van der Waals surface area contributed by atoms with Crippen molar-refractivity contribution in [1.82, 2.24) is 9.80 Å². The van der Waals surface area contributed by atoms with E-state index in [1.807, 2.05) is 18.2 Å². The van der Waals surface area contributed by atoms with Crippen molar-refractivity contribution in [1.29, 1.82) is 0 Å². The fourth-order valence-corrected chi connectivity index (χ4v) is 4.31. The van der Waals surface area contributed by atoms with Gasteiger partial charge in [0.15, 0.2) is 0 Å². The number of benzene rings is 1. The normalized spacial score (nSPS) is 30.4. The summed E-state index contributed by atoms with van der Waals surface area (Å²) in [7, 11) is 0. The number of morpholine rings is 1. The zero-order valence-corrected chi connectivity index (χ0v) is 13.9. The number of rotatable bonds is 3. The molecule has 0 bridgehead atoms. The van der Waals surface area contributed by atoms with Crippen LogP contribution in [-0.4, -0.2) is 61.1 Å². The maximum Gasteiger partial charge on any atom is 0.233 e. The van der Waals surface area contributed by atoms with Gasteiger partial charge in [0.25, 0.3) is 0 Å². The van der Waals surface area contributed by atoms with Crippen molar-refractivity contribution in [2.24, 2.45) is 5.92 Å². The molecule has 3 fully saturated rings. The topological polar surface area (TPSA) is 32.8 Å². The molecule has 4 nitrogen and oxygen atoms in total. The lowest BCUT2D eigenvalue weighted by Gasteiger charge is -2.34. The fraction of sp³-hybridized carbons (Fsp3) is 0.632. The third kappa shape index (κ3) is 2.68. The molecule has 4 heteroatoms. The SMILES string of the molecule is C[C@@H]1CN(C(=O)C2(c3ccccc3)CC2)C[C@H]1N1CCOCC1. The van der Waals surface area contributed by atoms with E-state index in [2.05, 4.69) is 28.9 Å². The Morgan fingerprint density at radius 3 is 2.48 bits per heavy atom. The van der Waals surface area contributed by atoms with Gasteiger partial charge in [0.1, 0.15) is 0 Å². The Kier molecular flexibility index (Phi) is 3.90. The van der Waals surface area contributed by atoms with Gasteiger partial charge in [-0.2, -0.15) is 0 Å². The van der Waals surface area contributed by atoms with Crippen LogP contribution in [0.25, 0.3) is 0 Å². The van der Waals surface area contributed by atoms with E-state index < -0.39 is 0 Å². The maximum absolute atomic E-state index is 13.2. The molecule has 23 heavy (non-hydrogen) atoms. The number of likely N-dealkylation sites (tertiary alicyclic amines) is 1. The summed E-state index contributed by atoms with van der Waals surface area (Å²) in [5, 5.41) is 0. The molecule has 1 saturated carbocycles. The second-order valence-electron chi connectivity index (χ2n) is 7.35. The molecule has 0 unspecified atom stereocenters. The molecule has 1 aromatic rings. The standard InChI is InChI=1S/C19H26N2O2/c1-15-13-21(14-17(15)20-9-11-23-12-10-20)18(22)19(7-8-19)16-5-3-2-4-6-16/h2-6,15,17H,7-14H2,1H3/t15-,17-/m1/s1. The number of ether oxygens (including phenoxy) is 1. The number of hydrogen-bond acceptors (Lipinski definition) is 3. The average molecular weight is 314 g/mol. The Bertz CT molecular complexity index is 564. The monoisotopic (exact) mass is 314 g/mol. The summed E-state index contributed by atoms with van der Waals surface area (Å²) in [6, 6.07) is 10.8. The highest BCUT2D eigenvalue weighted by molar-refractivity contribution is 5.91. The highest BCUT2D eigenvalue weighted by atomic mass is 16.5. The third-order valence-electron chi connectivity index (χ3n) is 5.86. The van der Waals surface area contributed by atoms with Crippen LogP contribution in [0.2, 0.25) is 0 Å². The summed E-state index contributed by atoms with van der Waals surface area (Å²) in [5.74, 6) is 0.898. The van der Waals surface area contributed by atoms with Gasteiger partial charge in [0.05, 0.1) is 18.6 Å². The second-order valence-corrected chi connectivity index (χ2v) is 7.35. The van der Waals surface area contributed by atoms with E-state index >= 15 is 0 Å². The van der Waals surface area contributed by atoms with Gasteiger partial charge < -0.3 is 9.64 Å². The molecular weight excluding hydrogens is 288 g/mol. The van der Waals surface area contributed by atoms with Crippen molar-refractivity contribution in [3.8, 4) is 0 Å². The van der Waals surface area contributed by atoms with Crippen molar-refractivity contribution >= 4 is 5.91 Å². The Morgan fingerprint density at radius 2 is 1.83 bits per heavy atom. The summed E-state index contributed by atoms with van der Waals surface area (Å²) in [6.07, 6.45) is 2.01. The van der Waals surface area contributed by atoms with Crippen LogP contribution in [0.3, 0.4) is 0 Å². The molecule has 124 valence electrons. The molecular formula is C19H26N2O2. The number of nitrogens with zero attached hydrogens (tertiary/aromatic N) is 2. The van der Waals surface area contributed by atoms with E-state index in [1.54, 1.807) is 0 Å². The lowest BCUT2D eigenvalue weighted by atomic mass is 9.94. The first-order chi connectivity index (χ1) is 11.2. The first-order valence-corrected chi connectivity index (χ1v) is 8.87. The summed E-state index contributed by atoms with van der Waals surface area (Å²) < 4.78 is 5.47. The molecule has 0 radical (unpaired) electrons. The van der Waals surface area contributed by atoms with Crippen LogP contribution in [0.4, 0.5) is 0 Å². The molecule has 3 aliphatic rings. The lowest BCUT2D eigenvalue weighted by molar-refractivity contribution is -0.133. The second kappa shape index (κ2) is 5.91. The third-order valence-corrected chi connectivity index (χ3v) is 5.86. The fourth-order valence-electron chi connectivity index (χ4n) is 4.31. The molecule has 2 saturated heterocycles. The quantitative estimate of drug-likeness (QED) is 0.854. The largest absolute Gasteiger partial charge is 0.379 e. The Morgan fingerprint density at radius 1 is 1.13 bits per heavy atom. The van der Waals surface area contributed by atoms with Gasteiger partial charge in [-0.05, 0) is 24.3 Å². The molecule has 4 rings (SSSR count). The van der Waals surface area contributed by atoms with Crippen molar-refractivity contribution < 1.29 is 9.53 Å². The van der Waals surface area contributed by atoms with Crippen LogP contribution in [-0.2, 0) is 14.9 Å². The minimum absolute atomic E-state index is 0.221. The zero-order valence-electron chi connectivity index (χ0n) is 13.9. The van der Waals surface area contributed by atoms with E-state index in [4.69, 9.17) is 4.74 Å². The summed E-state index contributed by atoms with van der Waals surface area (Å²) in [6.45, 7) is 7.72. The van der Waals surface area contributed by atoms with Crippen molar-refractivity contribution in [3.05, 3.63) is 35.9 Å². The van der Waals surface area contributed by atoms with Crippen LogP contribution >= 0.6 is 0 Å². The van der Waals surface area contributed by atoms with Crippen LogP contribution in [0.15, 0.2) is 30.3 Å². The first-order valence-electron chi connectivity index (χ1n) is 8.87. The van der Waals surface area contributed by atoms with Crippen LogP contribution in [0.1, 0.15) is 25.3 Å². The van der Waals surface area contributed by atoms with Gasteiger partial charge in [-0.15, -0.1) is 0 Å². The number of amides is 1. The molecule has 0 N–H and O–H groups in total. The summed E-state index contributed by atoms with van der Waals surface area (Å²) in [4.78, 5) is 17.8. The zero-order chi connectivity index (χ0) is 15.9. The van der Waals surface area contributed by atoms with Gasteiger partial charge in [-0.3, -0.25) is 9.69 Å². The number of carbonyl (C=O) groups excluding carboxylic acids is 1. The maximum atomic E-state index is 13.2. The van der Waals surface area contributed by atoms with E-state index in [-0.39, 0.29) is 5.41 Å². The highest BCUT2D eigenvalue weighted by Gasteiger charge is 2.54. The van der Waals surface area contributed by atoms with Gasteiger partial charge in [-0.1, -0.05) is 37.3 Å². The minimum Gasteiger partial charge on any atom is -0.379 e. The van der Waals surface area contributed by atoms with Crippen molar-refractivity contribution in [2.45, 2.75) is 31.2 Å². The van der Waals surface area contributed by atoms with Crippen LogP contribution in [0, 0.1) is 5.92 Å². The summed E-state index contributed by atoms with van der Waals surface area (Å²) >= 11 is 0. The predicted octanol–water partition coefficient (Wildman–Crippen LogP) is 1.90. The van der Waals surface area contributed by atoms with Gasteiger partial charge in [-0.25, -0.2) is 0 Å². The Balaban J connectivity index is 1.48. The minimum atomic E-state index is -0.221. The molecule has 2 heterocycles. The Labute approximate surface area is 138 Å². The van der Waals surface area contributed by atoms with E-state index in [1.165, 1.54) is 5.56 Å². The molecule has 2 aliphatic heterocycles. The van der Waals surface area contributed by atoms with E-state index in [0.717, 1.165) is 52.2 Å². The molecule has 0 spiro atoms. The first kappa shape index (κ1) is 15.2. The molecule has 1 aromatic carbocycles. The van der Waals surface area contributed by atoms with Gasteiger partial charge >= 0.3 is 0 Å². The van der Waals surface area contributed by atoms with Gasteiger partial charge in [0, 0.05) is 32.2 Å². The highest BCUT2D eigenvalue weighted by Crippen LogP contribution is 2.50. The molecule has 1 amide bonds. The van der Waals surface area contributed by atoms with Crippen molar-refractivity contribution in [3.63, 3.8) is 0 Å². The summed E-state index contributed by atoms with van der Waals surface area (Å²) in [5.41, 5.74) is 0.980. The predicted molar refractivity (Wildman–Crippen MR) is 89.3 cm³/mol. The Hall–Kier alpha value is -1.39. The molecule has 1 aliphatic carbocycles. The smallest absolute Gasteiger partial charge is 0.233 e. The van der Waals surface area contributed by atoms with Gasteiger partial charge in [0.2, 0.25) is 5.91 Å². The van der Waals surface area contributed by atoms with Crippen LogP contribution < -0.4 is 0 Å². The average Bonchev–Trinajstić information content (AvgIpc) is 3.33. The van der Waals surface area contributed by atoms with Crippen molar-refractivity contribution in [2.75, 3.05) is 39.4 Å². The number of carbonyl (C=O) groups is 1. The van der Waals surface area contributed by atoms with Crippen LogP contribution in [0.5, 0.6) is 0 Å². The lowest BCUT2D eigenvalue weighted by Crippen LogP contribution is -2.47. The van der Waals surface area contributed by atoms with E-state index in [0.29, 0.717) is 17.9 Å².